The third kappa shape index (κ3) is 2.89. The number of likely N-dealkylation sites (tertiary alicyclic amines) is 1. The van der Waals surface area contributed by atoms with Crippen LogP contribution in [-0.4, -0.2) is 44.1 Å². The summed E-state index contributed by atoms with van der Waals surface area (Å²) in [5, 5.41) is 9.87. The quantitative estimate of drug-likeness (QED) is 0.725. The van der Waals surface area contributed by atoms with E-state index in [1.807, 2.05) is 12.4 Å². The third-order valence-electron chi connectivity index (χ3n) is 5.31. The van der Waals surface area contributed by atoms with Gasteiger partial charge >= 0.3 is 0 Å². The minimum Gasteiger partial charge on any atom is -0.346 e. The van der Waals surface area contributed by atoms with Crippen LogP contribution in [0.1, 0.15) is 44.5 Å². The molecule has 0 radical (unpaired) electrons. The fraction of sp³-hybridized carbons (Fsp3) is 0.526. The molecule has 0 atom stereocenters. The van der Waals surface area contributed by atoms with Gasteiger partial charge in [-0.05, 0) is 31.9 Å². The predicted octanol–water partition coefficient (Wildman–Crippen LogP) is 3.42. The summed E-state index contributed by atoms with van der Waals surface area (Å²) in [6.45, 7) is 5.41. The van der Waals surface area contributed by atoms with Crippen LogP contribution < -0.4 is 0 Å². The first-order chi connectivity index (χ1) is 12.3. The van der Waals surface area contributed by atoms with Crippen LogP contribution in [0.4, 0.5) is 0 Å². The second-order valence-electron chi connectivity index (χ2n) is 6.82. The molecule has 25 heavy (non-hydrogen) atoms. The number of nitriles is 1. The highest BCUT2D eigenvalue weighted by Crippen LogP contribution is 2.32. The number of nitrogens with one attached hydrogen (secondary N) is 1. The lowest BCUT2D eigenvalue weighted by molar-refractivity contribution is 0.186. The Kier molecular flexibility index (Phi) is 4.41. The molecule has 0 aromatic carbocycles. The summed E-state index contributed by atoms with van der Waals surface area (Å²) in [6, 6.07) is 4.84. The molecule has 1 aliphatic rings. The Morgan fingerprint density at radius 2 is 2.20 bits per heavy atom. The molecule has 3 aromatic heterocycles. The minimum atomic E-state index is 0.493. The highest BCUT2D eigenvalue weighted by atomic mass is 15.2. The van der Waals surface area contributed by atoms with Crippen molar-refractivity contribution in [2.75, 3.05) is 19.6 Å². The molecule has 0 spiro atoms. The number of hydrogen-bond acceptors (Lipinski definition) is 4. The van der Waals surface area contributed by atoms with Crippen LogP contribution in [0.15, 0.2) is 18.5 Å². The molecule has 1 fully saturated rings. The van der Waals surface area contributed by atoms with E-state index in [0.717, 1.165) is 62.3 Å². The van der Waals surface area contributed by atoms with E-state index in [4.69, 9.17) is 10.2 Å². The average molecular weight is 336 g/mol. The number of hydrogen-bond donors (Lipinski definition) is 1. The first-order valence-corrected chi connectivity index (χ1v) is 9.24. The van der Waals surface area contributed by atoms with Crippen molar-refractivity contribution in [2.24, 2.45) is 0 Å². The molecule has 1 N–H and O–H groups in total. The summed E-state index contributed by atoms with van der Waals surface area (Å²) in [5.41, 5.74) is 3.16. The minimum absolute atomic E-state index is 0.493. The molecule has 1 saturated heterocycles. The standard InChI is InChI=1S/C19H24N6/c1-2-17-23-16-13-22-19-15(5-9-21-19)18(16)25(17)14-6-11-24(12-7-14)10-4-3-8-20/h5,9,13-14H,2-4,6-7,10-12H2,1H3,(H,21,22). The van der Waals surface area contributed by atoms with Gasteiger partial charge in [-0.3, -0.25) is 0 Å². The number of aromatic nitrogens is 4. The van der Waals surface area contributed by atoms with Gasteiger partial charge in [0.2, 0.25) is 0 Å². The van der Waals surface area contributed by atoms with Crippen molar-refractivity contribution in [1.82, 2.24) is 24.4 Å². The lowest BCUT2D eigenvalue weighted by Gasteiger charge is -2.33. The van der Waals surface area contributed by atoms with E-state index in [1.165, 1.54) is 10.9 Å². The molecule has 0 saturated carbocycles. The predicted molar refractivity (Wildman–Crippen MR) is 98.3 cm³/mol. The van der Waals surface area contributed by atoms with E-state index >= 15 is 0 Å². The summed E-state index contributed by atoms with van der Waals surface area (Å²) in [6.07, 6.45) is 8.69. The molecule has 0 unspecified atom stereocenters. The van der Waals surface area contributed by atoms with Gasteiger partial charge in [0.15, 0.2) is 0 Å². The Hall–Kier alpha value is -2.39. The monoisotopic (exact) mass is 336 g/mol. The molecule has 1 aliphatic heterocycles. The summed E-state index contributed by atoms with van der Waals surface area (Å²) in [7, 11) is 0. The van der Waals surface area contributed by atoms with E-state index in [1.54, 1.807) is 0 Å². The number of piperidine rings is 1. The van der Waals surface area contributed by atoms with Crippen molar-refractivity contribution in [3.63, 3.8) is 0 Å². The zero-order valence-electron chi connectivity index (χ0n) is 14.7. The van der Waals surface area contributed by atoms with Gasteiger partial charge in [-0.25, -0.2) is 9.97 Å². The SMILES string of the molecule is CCc1nc2cnc3[nH]ccc3c2n1C1CCN(CCCC#N)CC1. The van der Waals surface area contributed by atoms with Gasteiger partial charge in [-0.1, -0.05) is 6.92 Å². The van der Waals surface area contributed by atoms with Crippen LogP contribution in [0.25, 0.3) is 22.1 Å². The van der Waals surface area contributed by atoms with Gasteiger partial charge < -0.3 is 14.5 Å². The van der Waals surface area contributed by atoms with Gasteiger partial charge in [0.1, 0.15) is 17.0 Å². The van der Waals surface area contributed by atoms with Gasteiger partial charge in [-0.15, -0.1) is 0 Å². The summed E-state index contributed by atoms with van der Waals surface area (Å²) in [4.78, 5) is 15.1. The number of pyridine rings is 1. The van der Waals surface area contributed by atoms with Crippen LogP contribution in [0.3, 0.4) is 0 Å². The van der Waals surface area contributed by atoms with Gasteiger partial charge in [0.25, 0.3) is 0 Å². The maximum atomic E-state index is 8.70. The highest BCUT2D eigenvalue weighted by molar-refractivity contribution is 6.01. The molecule has 130 valence electrons. The summed E-state index contributed by atoms with van der Waals surface area (Å²) in [5.74, 6) is 1.16. The van der Waals surface area contributed by atoms with E-state index < -0.39 is 0 Å². The Labute approximate surface area is 147 Å². The fourth-order valence-electron chi connectivity index (χ4n) is 4.07. The van der Waals surface area contributed by atoms with Gasteiger partial charge in [0.05, 0.1) is 17.8 Å². The van der Waals surface area contributed by atoms with E-state index in [-0.39, 0.29) is 0 Å². The average Bonchev–Trinajstić information content (AvgIpc) is 3.26. The lowest BCUT2D eigenvalue weighted by Crippen LogP contribution is -2.35. The first kappa shape index (κ1) is 16.1. The molecule has 3 aromatic rings. The van der Waals surface area contributed by atoms with Crippen LogP contribution in [0.2, 0.25) is 0 Å². The molecule has 6 heteroatoms. The molecular formula is C19H24N6. The Morgan fingerprint density at radius 1 is 1.36 bits per heavy atom. The zero-order valence-corrected chi connectivity index (χ0v) is 14.7. The molecular weight excluding hydrogens is 312 g/mol. The number of H-pyrrole nitrogens is 1. The second kappa shape index (κ2) is 6.85. The fourth-order valence-corrected chi connectivity index (χ4v) is 4.07. The Balaban J connectivity index is 1.63. The number of unbranched alkanes of at least 4 members (excludes halogenated alkanes) is 1. The van der Waals surface area contributed by atoms with Crippen LogP contribution in [-0.2, 0) is 6.42 Å². The van der Waals surface area contributed by atoms with E-state index in [2.05, 4.69) is 38.5 Å². The molecule has 0 amide bonds. The van der Waals surface area contributed by atoms with Crippen LogP contribution in [0, 0.1) is 11.3 Å². The Bertz CT molecular complexity index is 907. The van der Waals surface area contributed by atoms with Crippen LogP contribution in [0.5, 0.6) is 0 Å². The number of aryl methyl sites for hydroxylation is 1. The van der Waals surface area contributed by atoms with Gasteiger partial charge in [0, 0.05) is 43.6 Å². The van der Waals surface area contributed by atoms with E-state index in [9.17, 15) is 0 Å². The van der Waals surface area contributed by atoms with Crippen molar-refractivity contribution in [2.45, 2.75) is 45.1 Å². The molecule has 6 nitrogen and oxygen atoms in total. The highest BCUT2D eigenvalue weighted by Gasteiger charge is 2.25. The number of imidazole rings is 1. The number of fused-ring (bicyclic) bond motifs is 3. The van der Waals surface area contributed by atoms with Crippen LogP contribution >= 0.6 is 0 Å². The molecule has 4 heterocycles. The maximum absolute atomic E-state index is 8.70. The molecule has 0 aliphatic carbocycles. The van der Waals surface area contributed by atoms with Crippen molar-refractivity contribution in [1.29, 1.82) is 5.26 Å². The van der Waals surface area contributed by atoms with E-state index in [0.29, 0.717) is 12.5 Å². The van der Waals surface area contributed by atoms with Gasteiger partial charge in [-0.2, -0.15) is 5.26 Å². The van der Waals surface area contributed by atoms with Crippen molar-refractivity contribution in [3.8, 4) is 6.07 Å². The number of rotatable bonds is 5. The number of aromatic amines is 1. The van der Waals surface area contributed by atoms with Crippen molar-refractivity contribution in [3.05, 3.63) is 24.3 Å². The molecule has 4 rings (SSSR count). The zero-order chi connectivity index (χ0) is 17.2. The van der Waals surface area contributed by atoms with Crippen molar-refractivity contribution < 1.29 is 0 Å². The third-order valence-corrected chi connectivity index (χ3v) is 5.31. The normalized spacial score (nSPS) is 16.6. The maximum Gasteiger partial charge on any atom is 0.139 e. The second-order valence-corrected chi connectivity index (χ2v) is 6.82. The largest absolute Gasteiger partial charge is 0.346 e. The smallest absolute Gasteiger partial charge is 0.139 e. The summed E-state index contributed by atoms with van der Waals surface area (Å²) >= 11 is 0. The van der Waals surface area contributed by atoms with Crippen molar-refractivity contribution >= 4 is 22.1 Å². The lowest BCUT2D eigenvalue weighted by atomic mass is 10.0. The first-order valence-electron chi connectivity index (χ1n) is 9.24. The number of nitrogens with zero attached hydrogens (tertiary/aromatic N) is 5. The summed E-state index contributed by atoms with van der Waals surface area (Å²) < 4.78 is 2.47. The topological polar surface area (TPSA) is 73.5 Å². The Morgan fingerprint density at radius 3 is 2.96 bits per heavy atom. The molecule has 0 bridgehead atoms.